The van der Waals surface area contributed by atoms with Gasteiger partial charge in [0.15, 0.2) is 0 Å². The van der Waals surface area contributed by atoms with Gasteiger partial charge in [0, 0.05) is 17.1 Å². The van der Waals surface area contributed by atoms with Gasteiger partial charge in [0.25, 0.3) is 0 Å². The van der Waals surface area contributed by atoms with E-state index in [4.69, 9.17) is 4.74 Å². The first-order valence-corrected chi connectivity index (χ1v) is 6.36. The summed E-state index contributed by atoms with van der Waals surface area (Å²) in [6.45, 7) is 3.72. The van der Waals surface area contributed by atoms with E-state index in [0.29, 0.717) is 11.6 Å². The number of amides is 2. The fourth-order valence-corrected chi connectivity index (χ4v) is 1.73. The van der Waals surface area contributed by atoms with E-state index in [9.17, 15) is 4.79 Å². The number of hydrazine groups is 1. The van der Waals surface area contributed by atoms with Gasteiger partial charge in [0.1, 0.15) is 5.75 Å². The molecule has 0 bridgehead atoms. The molecule has 110 valence electrons. The third-order valence-corrected chi connectivity index (χ3v) is 2.62. The number of urea groups is 1. The van der Waals surface area contributed by atoms with Crippen molar-refractivity contribution in [1.29, 1.82) is 0 Å². The second kappa shape index (κ2) is 6.56. The Kier molecular flexibility index (Phi) is 4.55. The fourth-order valence-electron chi connectivity index (χ4n) is 1.73. The predicted molar refractivity (Wildman–Crippen MR) is 80.3 cm³/mol. The minimum atomic E-state index is -0.414. The summed E-state index contributed by atoms with van der Waals surface area (Å²) in [6, 6.07) is 8.44. The van der Waals surface area contributed by atoms with Crippen LogP contribution in [0.2, 0.25) is 0 Å². The minimum Gasteiger partial charge on any atom is -0.497 e. The Hall–Kier alpha value is -2.83. The zero-order valence-corrected chi connectivity index (χ0v) is 12.1. The monoisotopic (exact) mass is 287 g/mol. The molecular weight excluding hydrogens is 270 g/mol. The molecule has 2 aromatic rings. The average molecular weight is 287 g/mol. The Labute approximate surface area is 122 Å². The first-order chi connectivity index (χ1) is 10.1. The summed E-state index contributed by atoms with van der Waals surface area (Å²) in [5.74, 6) is 1.07. The molecule has 2 rings (SSSR count). The van der Waals surface area contributed by atoms with Gasteiger partial charge in [-0.15, -0.1) is 0 Å². The molecule has 21 heavy (non-hydrogen) atoms. The molecule has 0 aliphatic carbocycles. The molecule has 0 aliphatic rings. The van der Waals surface area contributed by atoms with E-state index < -0.39 is 6.03 Å². The first kappa shape index (κ1) is 14.6. The Bertz CT molecular complexity index is 608. The smallest absolute Gasteiger partial charge is 0.337 e. The highest BCUT2D eigenvalue weighted by atomic mass is 16.5. The van der Waals surface area contributed by atoms with E-state index in [0.717, 1.165) is 17.1 Å². The van der Waals surface area contributed by atoms with Gasteiger partial charge >= 0.3 is 6.03 Å². The number of aromatic nitrogens is 2. The Morgan fingerprint density at radius 1 is 1.10 bits per heavy atom. The van der Waals surface area contributed by atoms with Gasteiger partial charge in [0.05, 0.1) is 7.11 Å². The van der Waals surface area contributed by atoms with Gasteiger partial charge in [-0.25, -0.2) is 20.2 Å². The van der Waals surface area contributed by atoms with Crippen LogP contribution >= 0.6 is 0 Å². The van der Waals surface area contributed by atoms with Crippen LogP contribution in [0.15, 0.2) is 30.3 Å². The van der Waals surface area contributed by atoms with Crippen molar-refractivity contribution in [2.45, 2.75) is 13.8 Å². The molecule has 0 atom stereocenters. The molecule has 0 fully saturated rings. The number of ether oxygens (including phenoxy) is 1. The van der Waals surface area contributed by atoms with Crippen molar-refractivity contribution in [2.24, 2.45) is 0 Å². The maximum atomic E-state index is 11.7. The number of hydrogen-bond acceptors (Lipinski definition) is 5. The lowest BCUT2D eigenvalue weighted by Crippen LogP contribution is -2.34. The summed E-state index contributed by atoms with van der Waals surface area (Å²) >= 11 is 0. The fraction of sp³-hybridized carbons (Fsp3) is 0.214. The van der Waals surface area contributed by atoms with Crippen molar-refractivity contribution >= 4 is 17.7 Å². The number of rotatable bonds is 4. The van der Waals surface area contributed by atoms with Crippen LogP contribution in [0, 0.1) is 13.8 Å². The lowest BCUT2D eigenvalue weighted by molar-refractivity contribution is 0.253. The van der Waals surface area contributed by atoms with E-state index in [1.165, 1.54) is 0 Å². The zero-order chi connectivity index (χ0) is 15.2. The summed E-state index contributed by atoms with van der Waals surface area (Å²) in [7, 11) is 1.59. The number of nitrogens with one attached hydrogen (secondary N) is 3. The van der Waals surface area contributed by atoms with Crippen LogP contribution in [0.5, 0.6) is 5.75 Å². The maximum absolute atomic E-state index is 11.7. The Balaban J connectivity index is 1.89. The average Bonchev–Trinajstić information content (AvgIpc) is 2.45. The van der Waals surface area contributed by atoms with Gasteiger partial charge in [-0.05, 0) is 44.2 Å². The minimum absolute atomic E-state index is 0.345. The van der Waals surface area contributed by atoms with Gasteiger partial charge < -0.3 is 10.1 Å². The molecule has 1 aromatic heterocycles. The largest absolute Gasteiger partial charge is 0.497 e. The van der Waals surface area contributed by atoms with E-state index in [1.807, 2.05) is 19.9 Å². The van der Waals surface area contributed by atoms with Crippen molar-refractivity contribution in [3.8, 4) is 5.75 Å². The van der Waals surface area contributed by atoms with Gasteiger partial charge in [0.2, 0.25) is 5.95 Å². The number of aryl methyl sites for hydroxylation is 2. The SMILES string of the molecule is COc1ccc(NC(=O)NNc2nc(C)cc(C)n2)cc1. The third kappa shape index (κ3) is 4.34. The van der Waals surface area contributed by atoms with E-state index >= 15 is 0 Å². The number of anilines is 2. The number of hydrogen-bond donors (Lipinski definition) is 3. The van der Waals surface area contributed by atoms with Crippen molar-refractivity contribution in [3.63, 3.8) is 0 Å². The third-order valence-electron chi connectivity index (χ3n) is 2.62. The molecule has 1 aromatic carbocycles. The van der Waals surface area contributed by atoms with Crippen LogP contribution in [0.1, 0.15) is 11.4 Å². The van der Waals surface area contributed by atoms with E-state index in [2.05, 4.69) is 26.1 Å². The molecule has 0 spiro atoms. The van der Waals surface area contributed by atoms with Crippen molar-refractivity contribution < 1.29 is 9.53 Å². The molecule has 0 unspecified atom stereocenters. The molecule has 7 nitrogen and oxygen atoms in total. The van der Waals surface area contributed by atoms with Crippen LogP contribution in [-0.4, -0.2) is 23.1 Å². The van der Waals surface area contributed by atoms with Crippen LogP contribution in [0.4, 0.5) is 16.4 Å². The highest BCUT2D eigenvalue weighted by Crippen LogP contribution is 2.14. The topological polar surface area (TPSA) is 88.2 Å². The summed E-state index contributed by atoms with van der Waals surface area (Å²) < 4.78 is 5.04. The molecule has 3 N–H and O–H groups in total. The quantitative estimate of drug-likeness (QED) is 0.751. The Morgan fingerprint density at radius 3 is 2.29 bits per heavy atom. The van der Waals surface area contributed by atoms with Crippen molar-refractivity contribution in [3.05, 3.63) is 41.7 Å². The molecule has 2 amide bonds. The predicted octanol–water partition coefficient (Wildman–Crippen LogP) is 2.25. The van der Waals surface area contributed by atoms with Gasteiger partial charge in [-0.2, -0.15) is 0 Å². The number of carbonyl (C=O) groups is 1. The molecule has 0 radical (unpaired) electrons. The first-order valence-electron chi connectivity index (χ1n) is 6.36. The van der Waals surface area contributed by atoms with E-state index in [-0.39, 0.29) is 0 Å². The van der Waals surface area contributed by atoms with Crippen molar-refractivity contribution in [2.75, 3.05) is 17.9 Å². The number of benzene rings is 1. The highest BCUT2D eigenvalue weighted by molar-refractivity contribution is 5.89. The van der Waals surface area contributed by atoms with Crippen LogP contribution in [-0.2, 0) is 0 Å². The molecule has 1 heterocycles. The maximum Gasteiger partial charge on any atom is 0.337 e. The summed E-state index contributed by atoms with van der Waals surface area (Å²) in [5.41, 5.74) is 7.43. The normalized spacial score (nSPS) is 9.86. The molecule has 0 saturated carbocycles. The number of nitrogens with zero attached hydrogens (tertiary/aromatic N) is 2. The highest BCUT2D eigenvalue weighted by Gasteiger charge is 2.03. The summed E-state index contributed by atoms with van der Waals surface area (Å²) in [4.78, 5) is 20.0. The van der Waals surface area contributed by atoms with Crippen molar-refractivity contribution in [1.82, 2.24) is 15.4 Å². The van der Waals surface area contributed by atoms with Gasteiger partial charge in [-0.1, -0.05) is 0 Å². The number of carbonyl (C=O) groups excluding carboxylic acids is 1. The zero-order valence-electron chi connectivity index (χ0n) is 12.1. The molecule has 0 saturated heterocycles. The van der Waals surface area contributed by atoms with Crippen LogP contribution < -0.4 is 20.9 Å². The molecule has 0 aliphatic heterocycles. The lowest BCUT2D eigenvalue weighted by atomic mass is 10.3. The number of methoxy groups -OCH3 is 1. The summed E-state index contributed by atoms with van der Waals surface area (Å²) in [6.07, 6.45) is 0. The Morgan fingerprint density at radius 2 is 1.71 bits per heavy atom. The second-order valence-electron chi connectivity index (χ2n) is 4.41. The summed E-state index contributed by atoms with van der Waals surface area (Å²) in [5, 5.41) is 2.67. The molecular formula is C14H17N5O2. The van der Waals surface area contributed by atoms with Crippen LogP contribution in [0.3, 0.4) is 0 Å². The van der Waals surface area contributed by atoms with E-state index in [1.54, 1.807) is 31.4 Å². The van der Waals surface area contributed by atoms with Gasteiger partial charge in [-0.3, -0.25) is 5.43 Å². The lowest BCUT2D eigenvalue weighted by Gasteiger charge is -2.10. The standard InChI is InChI=1S/C14H17N5O2/c1-9-8-10(2)16-13(15-9)18-19-14(20)17-11-4-6-12(21-3)7-5-11/h4-8H,1-3H3,(H,15,16,18)(H2,17,19,20). The molecule has 7 heteroatoms. The second-order valence-corrected chi connectivity index (χ2v) is 4.41. The van der Waals surface area contributed by atoms with Crippen LogP contribution in [0.25, 0.3) is 0 Å².